The predicted octanol–water partition coefficient (Wildman–Crippen LogP) is 7.66. The SMILES string of the molecule is CCCCCCCCCCCCCCCCCCN(C)c1ccc(N)cc1C(=O)O. The molecule has 0 fully saturated rings. The zero-order valence-corrected chi connectivity index (χ0v) is 19.6. The smallest absolute Gasteiger partial charge is 0.337 e. The van der Waals surface area contributed by atoms with E-state index in [2.05, 4.69) is 6.92 Å². The molecule has 0 saturated heterocycles. The van der Waals surface area contributed by atoms with Crippen LogP contribution in [0.1, 0.15) is 120 Å². The first kappa shape index (κ1) is 26.3. The topological polar surface area (TPSA) is 66.6 Å². The molecule has 0 saturated carbocycles. The third kappa shape index (κ3) is 12.1. The average molecular weight is 419 g/mol. The zero-order valence-electron chi connectivity index (χ0n) is 19.6. The first-order valence-electron chi connectivity index (χ1n) is 12.4. The summed E-state index contributed by atoms with van der Waals surface area (Å²) in [6.45, 7) is 3.16. The summed E-state index contributed by atoms with van der Waals surface area (Å²) in [4.78, 5) is 13.5. The van der Waals surface area contributed by atoms with Crippen LogP contribution in [-0.4, -0.2) is 24.7 Å². The van der Waals surface area contributed by atoms with E-state index >= 15 is 0 Å². The summed E-state index contributed by atoms with van der Waals surface area (Å²) in [5, 5.41) is 9.37. The van der Waals surface area contributed by atoms with E-state index in [1.807, 2.05) is 18.0 Å². The Hall–Kier alpha value is -1.71. The molecule has 4 heteroatoms. The molecule has 0 spiro atoms. The van der Waals surface area contributed by atoms with E-state index in [9.17, 15) is 9.90 Å². The molecule has 0 aliphatic carbocycles. The van der Waals surface area contributed by atoms with Crippen molar-refractivity contribution in [2.24, 2.45) is 0 Å². The van der Waals surface area contributed by atoms with Crippen molar-refractivity contribution in [2.75, 3.05) is 24.2 Å². The molecular weight excluding hydrogens is 372 g/mol. The van der Waals surface area contributed by atoms with Crippen molar-refractivity contribution in [1.82, 2.24) is 0 Å². The summed E-state index contributed by atoms with van der Waals surface area (Å²) < 4.78 is 0. The molecule has 0 aromatic heterocycles. The Bertz CT molecular complexity index is 574. The standard InChI is InChI=1S/C26H46N2O2/c1-3-4-5-6-7-8-9-10-11-12-13-14-15-16-17-18-21-28(2)25-20-19-23(27)22-24(25)26(29)30/h19-20,22H,3-18,21,27H2,1-2H3,(H,29,30). The first-order valence-corrected chi connectivity index (χ1v) is 12.4. The van der Waals surface area contributed by atoms with Crippen LogP contribution in [0.5, 0.6) is 0 Å². The molecule has 0 unspecified atom stereocenters. The van der Waals surface area contributed by atoms with Gasteiger partial charge in [-0.25, -0.2) is 4.79 Å². The number of unbranched alkanes of at least 4 members (excludes halogenated alkanes) is 15. The summed E-state index contributed by atoms with van der Waals surface area (Å²) in [6.07, 6.45) is 21.8. The second kappa shape index (κ2) is 17.0. The van der Waals surface area contributed by atoms with E-state index < -0.39 is 5.97 Å². The third-order valence-electron chi connectivity index (χ3n) is 6.01. The van der Waals surface area contributed by atoms with Crippen molar-refractivity contribution in [1.29, 1.82) is 0 Å². The number of anilines is 2. The van der Waals surface area contributed by atoms with Gasteiger partial charge in [-0.3, -0.25) is 0 Å². The summed E-state index contributed by atoms with van der Waals surface area (Å²) >= 11 is 0. The van der Waals surface area contributed by atoms with Crippen molar-refractivity contribution >= 4 is 17.3 Å². The molecule has 0 aliphatic rings. The van der Waals surface area contributed by atoms with Gasteiger partial charge in [-0.15, -0.1) is 0 Å². The normalized spacial score (nSPS) is 11.0. The van der Waals surface area contributed by atoms with Crippen molar-refractivity contribution in [2.45, 2.75) is 110 Å². The van der Waals surface area contributed by atoms with E-state index in [1.54, 1.807) is 12.1 Å². The summed E-state index contributed by atoms with van der Waals surface area (Å²) in [7, 11) is 1.96. The van der Waals surface area contributed by atoms with E-state index in [4.69, 9.17) is 5.73 Å². The summed E-state index contributed by atoms with van der Waals surface area (Å²) in [5.74, 6) is -0.920. The van der Waals surface area contributed by atoms with Crippen molar-refractivity contribution in [3.63, 3.8) is 0 Å². The molecule has 0 radical (unpaired) electrons. The monoisotopic (exact) mass is 418 g/mol. The third-order valence-corrected chi connectivity index (χ3v) is 6.01. The molecular formula is C26H46N2O2. The summed E-state index contributed by atoms with van der Waals surface area (Å²) in [5.41, 5.74) is 7.25. The van der Waals surface area contributed by atoms with Gasteiger partial charge < -0.3 is 15.7 Å². The Morgan fingerprint density at radius 3 is 1.67 bits per heavy atom. The highest BCUT2D eigenvalue weighted by atomic mass is 16.4. The number of hydrogen-bond acceptors (Lipinski definition) is 3. The molecule has 4 nitrogen and oxygen atoms in total. The maximum atomic E-state index is 11.4. The van der Waals surface area contributed by atoms with E-state index in [-0.39, 0.29) is 5.56 Å². The lowest BCUT2D eigenvalue weighted by Gasteiger charge is -2.21. The molecule has 0 atom stereocenters. The van der Waals surface area contributed by atoms with Gasteiger partial charge in [0, 0.05) is 19.3 Å². The zero-order chi connectivity index (χ0) is 22.0. The van der Waals surface area contributed by atoms with Crippen LogP contribution < -0.4 is 10.6 Å². The van der Waals surface area contributed by atoms with Crippen LogP contribution in [0.15, 0.2) is 18.2 Å². The Morgan fingerprint density at radius 1 is 0.800 bits per heavy atom. The maximum absolute atomic E-state index is 11.4. The lowest BCUT2D eigenvalue weighted by molar-refractivity contribution is 0.0697. The van der Waals surface area contributed by atoms with Crippen LogP contribution in [0.25, 0.3) is 0 Å². The lowest BCUT2D eigenvalue weighted by Crippen LogP contribution is -2.21. The number of rotatable bonds is 19. The van der Waals surface area contributed by atoms with Crippen LogP contribution in [-0.2, 0) is 0 Å². The lowest BCUT2D eigenvalue weighted by atomic mass is 10.0. The maximum Gasteiger partial charge on any atom is 0.337 e. The first-order chi connectivity index (χ1) is 14.6. The van der Waals surface area contributed by atoms with Gasteiger partial charge in [0.05, 0.1) is 11.3 Å². The second-order valence-corrected chi connectivity index (χ2v) is 8.81. The van der Waals surface area contributed by atoms with Crippen LogP contribution in [0.3, 0.4) is 0 Å². The largest absolute Gasteiger partial charge is 0.478 e. The Morgan fingerprint density at radius 2 is 1.23 bits per heavy atom. The number of nitrogen functional groups attached to an aromatic ring is 1. The highest BCUT2D eigenvalue weighted by molar-refractivity contribution is 5.95. The number of benzene rings is 1. The molecule has 1 aromatic carbocycles. The van der Waals surface area contributed by atoms with Gasteiger partial charge in [-0.2, -0.15) is 0 Å². The quantitative estimate of drug-likeness (QED) is 0.179. The van der Waals surface area contributed by atoms with Gasteiger partial charge in [-0.05, 0) is 24.6 Å². The van der Waals surface area contributed by atoms with E-state index in [1.165, 1.54) is 96.3 Å². The minimum absolute atomic E-state index is 0.286. The molecule has 172 valence electrons. The van der Waals surface area contributed by atoms with Gasteiger partial charge in [0.2, 0.25) is 0 Å². The van der Waals surface area contributed by atoms with Crippen molar-refractivity contribution in [3.8, 4) is 0 Å². The fourth-order valence-electron chi connectivity index (χ4n) is 4.08. The van der Waals surface area contributed by atoms with Crippen molar-refractivity contribution in [3.05, 3.63) is 23.8 Å². The molecule has 1 rings (SSSR count). The molecule has 0 heterocycles. The Kier molecular flexibility index (Phi) is 14.9. The molecule has 0 bridgehead atoms. The van der Waals surface area contributed by atoms with E-state index in [0.717, 1.165) is 18.7 Å². The van der Waals surface area contributed by atoms with Gasteiger partial charge in [-0.1, -0.05) is 103 Å². The highest BCUT2D eigenvalue weighted by Crippen LogP contribution is 2.23. The number of carboxylic acids is 1. The minimum atomic E-state index is -0.920. The summed E-state index contributed by atoms with van der Waals surface area (Å²) in [6, 6.07) is 5.12. The van der Waals surface area contributed by atoms with Gasteiger partial charge in [0.15, 0.2) is 0 Å². The van der Waals surface area contributed by atoms with Gasteiger partial charge in [0.25, 0.3) is 0 Å². The number of carbonyl (C=O) groups is 1. The minimum Gasteiger partial charge on any atom is -0.478 e. The van der Waals surface area contributed by atoms with Crippen molar-refractivity contribution < 1.29 is 9.90 Å². The Balaban J connectivity index is 1.96. The number of nitrogens with zero attached hydrogens (tertiary/aromatic N) is 1. The molecule has 0 aliphatic heterocycles. The number of carboxylic acid groups (broad SMARTS) is 1. The molecule has 1 aromatic rings. The van der Waals surface area contributed by atoms with Crippen LogP contribution in [0, 0.1) is 0 Å². The fourth-order valence-corrected chi connectivity index (χ4v) is 4.08. The van der Waals surface area contributed by atoms with Crippen LogP contribution in [0.4, 0.5) is 11.4 Å². The van der Waals surface area contributed by atoms with E-state index in [0.29, 0.717) is 5.69 Å². The number of hydrogen-bond donors (Lipinski definition) is 2. The average Bonchev–Trinajstić information content (AvgIpc) is 2.73. The molecule has 30 heavy (non-hydrogen) atoms. The Labute approximate surface area is 185 Å². The highest BCUT2D eigenvalue weighted by Gasteiger charge is 2.13. The second-order valence-electron chi connectivity index (χ2n) is 8.81. The van der Waals surface area contributed by atoms with Crippen LogP contribution >= 0.6 is 0 Å². The number of aromatic carboxylic acids is 1. The van der Waals surface area contributed by atoms with Gasteiger partial charge >= 0.3 is 5.97 Å². The molecule has 3 N–H and O–H groups in total. The van der Waals surface area contributed by atoms with Crippen LogP contribution in [0.2, 0.25) is 0 Å². The number of nitrogens with two attached hydrogens (primary N) is 1. The van der Waals surface area contributed by atoms with Gasteiger partial charge in [0.1, 0.15) is 0 Å². The predicted molar refractivity (Wildman–Crippen MR) is 131 cm³/mol. The molecule has 0 amide bonds. The fraction of sp³-hybridized carbons (Fsp3) is 0.731.